The molecule has 0 N–H and O–H groups in total. The number of aryl methyl sites for hydroxylation is 1. The van der Waals surface area contributed by atoms with Crippen molar-refractivity contribution in [3.8, 4) is 40.0 Å². The van der Waals surface area contributed by atoms with E-state index in [9.17, 15) is 9.59 Å². The second-order valence-electron chi connectivity index (χ2n) is 7.47. The molecule has 0 aliphatic carbocycles. The van der Waals surface area contributed by atoms with Gasteiger partial charge in [-0.15, -0.1) is 0 Å². The van der Waals surface area contributed by atoms with Gasteiger partial charge in [0.2, 0.25) is 0 Å². The molecule has 0 aliphatic heterocycles. The number of ether oxygens (including phenoxy) is 3. The van der Waals surface area contributed by atoms with Gasteiger partial charge in [-0.3, -0.25) is 19.6 Å². The Bertz CT molecular complexity index is 1400. The summed E-state index contributed by atoms with van der Waals surface area (Å²) in [7, 11) is 1.64. The number of methoxy groups -OCH3 is 1. The van der Waals surface area contributed by atoms with Gasteiger partial charge < -0.3 is 14.2 Å². The summed E-state index contributed by atoms with van der Waals surface area (Å²) in [6.45, 7) is 2.68. The lowest BCUT2D eigenvalue weighted by atomic mass is 10.1. The molecular formula is C27H21N3O5. The molecule has 35 heavy (non-hydrogen) atoms. The highest BCUT2D eigenvalue weighted by Crippen LogP contribution is 2.28. The minimum atomic E-state index is 0.276. The fourth-order valence-electron chi connectivity index (χ4n) is 3.45. The molecule has 0 bridgehead atoms. The number of pyridine rings is 3. The Kier molecular flexibility index (Phi) is 7.22. The molecule has 0 fully saturated rings. The zero-order valence-corrected chi connectivity index (χ0v) is 19.0. The number of hydrogen-bond donors (Lipinski definition) is 0. The molecule has 0 radical (unpaired) electrons. The number of benzene rings is 1. The second-order valence-corrected chi connectivity index (χ2v) is 7.47. The number of hydrogen-bond acceptors (Lipinski definition) is 8. The summed E-state index contributed by atoms with van der Waals surface area (Å²) in [6.07, 6.45) is 7.12. The van der Waals surface area contributed by atoms with Gasteiger partial charge in [0.05, 0.1) is 29.9 Å². The van der Waals surface area contributed by atoms with Crippen LogP contribution >= 0.6 is 0 Å². The molecule has 174 valence electrons. The van der Waals surface area contributed by atoms with Gasteiger partial charge >= 0.3 is 0 Å². The Balaban J connectivity index is 1.70. The van der Waals surface area contributed by atoms with Crippen molar-refractivity contribution in [3.05, 3.63) is 83.7 Å². The molecule has 8 heteroatoms. The monoisotopic (exact) mass is 467 g/mol. The Morgan fingerprint density at radius 2 is 1.29 bits per heavy atom. The maximum Gasteiger partial charge on any atom is 0.298 e. The molecule has 0 aliphatic rings. The molecule has 0 atom stereocenters. The minimum absolute atomic E-state index is 0.276. The standard InChI is InChI=1S/C27H21N3O5/c1-18-9-20(11-22(10-18)33-2)4-3-19-5-7-28-24(12-19)26-14-23(35-17-32)15-27(30-26)25-13-21(34-16-31)6-8-29-25/h3-17H,1-2H3/b4-3+. The van der Waals surface area contributed by atoms with Crippen molar-refractivity contribution in [2.45, 2.75) is 6.92 Å². The molecule has 0 saturated heterocycles. The van der Waals surface area contributed by atoms with Crippen molar-refractivity contribution in [1.82, 2.24) is 15.0 Å². The number of carbonyl (C=O) groups excluding carboxylic acids is 2. The predicted octanol–water partition coefficient (Wildman–Crippen LogP) is 4.76. The van der Waals surface area contributed by atoms with Crippen molar-refractivity contribution >= 4 is 25.1 Å². The van der Waals surface area contributed by atoms with Crippen LogP contribution in [-0.4, -0.2) is 35.0 Å². The highest BCUT2D eigenvalue weighted by molar-refractivity contribution is 5.73. The van der Waals surface area contributed by atoms with Gasteiger partial charge in [-0.05, 0) is 53.9 Å². The SMILES string of the molecule is COc1cc(C)cc(/C=C/c2ccnc(-c3cc(OC=O)cc(-c4cc(OC=O)ccn4)n3)c2)c1. The zero-order chi connectivity index (χ0) is 24.6. The van der Waals surface area contributed by atoms with E-state index in [-0.39, 0.29) is 5.75 Å². The van der Waals surface area contributed by atoms with Crippen molar-refractivity contribution < 1.29 is 23.8 Å². The molecule has 0 unspecified atom stereocenters. The lowest BCUT2D eigenvalue weighted by molar-refractivity contribution is -0.121. The highest BCUT2D eigenvalue weighted by atomic mass is 16.5. The van der Waals surface area contributed by atoms with E-state index in [1.165, 1.54) is 6.20 Å². The summed E-state index contributed by atoms with van der Waals surface area (Å²) in [5, 5.41) is 0. The molecule has 4 rings (SSSR count). The molecule has 0 spiro atoms. The molecule has 8 nitrogen and oxygen atoms in total. The Hall–Kier alpha value is -4.85. The zero-order valence-electron chi connectivity index (χ0n) is 19.0. The van der Waals surface area contributed by atoms with Crippen molar-refractivity contribution in [1.29, 1.82) is 0 Å². The topological polar surface area (TPSA) is 100 Å². The number of nitrogens with zero attached hydrogens (tertiary/aromatic N) is 3. The molecule has 3 heterocycles. The van der Waals surface area contributed by atoms with E-state index in [1.807, 2.05) is 43.3 Å². The fraction of sp³-hybridized carbons (Fsp3) is 0.0741. The normalized spacial score (nSPS) is 10.7. The Morgan fingerprint density at radius 3 is 2.00 bits per heavy atom. The van der Waals surface area contributed by atoms with Crippen LogP contribution in [0.5, 0.6) is 17.2 Å². The third-order valence-corrected chi connectivity index (χ3v) is 4.98. The maximum absolute atomic E-state index is 11.0. The molecule has 4 aromatic rings. The van der Waals surface area contributed by atoms with E-state index >= 15 is 0 Å². The summed E-state index contributed by atoms with van der Waals surface area (Å²) in [5.41, 5.74) is 4.92. The molecule has 0 saturated carbocycles. The van der Waals surface area contributed by atoms with Crippen LogP contribution < -0.4 is 14.2 Å². The van der Waals surface area contributed by atoms with Crippen LogP contribution in [0.25, 0.3) is 34.9 Å². The summed E-state index contributed by atoms with van der Waals surface area (Å²) in [5.74, 6) is 1.38. The van der Waals surface area contributed by atoms with Crippen LogP contribution in [-0.2, 0) is 9.59 Å². The van der Waals surface area contributed by atoms with Crippen molar-refractivity contribution in [2.24, 2.45) is 0 Å². The third-order valence-electron chi connectivity index (χ3n) is 4.98. The largest absolute Gasteiger partial charge is 0.497 e. The number of carbonyl (C=O) groups is 2. The van der Waals surface area contributed by atoms with E-state index in [4.69, 9.17) is 14.2 Å². The van der Waals surface area contributed by atoms with Crippen LogP contribution in [0.3, 0.4) is 0 Å². The van der Waals surface area contributed by atoms with E-state index in [2.05, 4.69) is 21.0 Å². The van der Waals surface area contributed by atoms with Crippen LogP contribution in [0, 0.1) is 6.92 Å². The first-order valence-corrected chi connectivity index (χ1v) is 10.6. The average molecular weight is 467 g/mol. The number of aromatic nitrogens is 3. The Labute approximate surface area is 201 Å². The van der Waals surface area contributed by atoms with E-state index < -0.39 is 0 Å². The summed E-state index contributed by atoms with van der Waals surface area (Å²) < 4.78 is 15.3. The van der Waals surface area contributed by atoms with Gasteiger partial charge in [-0.25, -0.2) is 4.98 Å². The van der Waals surface area contributed by atoms with Crippen LogP contribution in [0.15, 0.2) is 67.0 Å². The van der Waals surface area contributed by atoms with E-state index in [1.54, 1.807) is 37.6 Å². The van der Waals surface area contributed by atoms with Gasteiger partial charge in [-0.2, -0.15) is 0 Å². The maximum atomic E-state index is 11.0. The molecule has 3 aromatic heterocycles. The fourth-order valence-corrected chi connectivity index (χ4v) is 3.45. The van der Waals surface area contributed by atoms with Crippen molar-refractivity contribution in [2.75, 3.05) is 7.11 Å². The van der Waals surface area contributed by atoms with Gasteiger partial charge in [0.25, 0.3) is 12.9 Å². The average Bonchev–Trinajstić information content (AvgIpc) is 2.88. The number of rotatable bonds is 9. The first-order valence-electron chi connectivity index (χ1n) is 10.6. The minimum Gasteiger partial charge on any atom is -0.497 e. The summed E-state index contributed by atoms with van der Waals surface area (Å²) >= 11 is 0. The third kappa shape index (κ3) is 5.94. The van der Waals surface area contributed by atoms with Gasteiger partial charge in [0.15, 0.2) is 0 Å². The lowest BCUT2D eigenvalue weighted by Gasteiger charge is -2.08. The van der Waals surface area contributed by atoms with E-state index in [0.717, 1.165) is 22.4 Å². The first-order chi connectivity index (χ1) is 17.1. The van der Waals surface area contributed by atoms with Crippen LogP contribution in [0.4, 0.5) is 0 Å². The highest BCUT2D eigenvalue weighted by Gasteiger charge is 2.11. The van der Waals surface area contributed by atoms with Crippen molar-refractivity contribution in [3.63, 3.8) is 0 Å². The van der Waals surface area contributed by atoms with Gasteiger partial charge in [0, 0.05) is 30.6 Å². The summed E-state index contributed by atoms with van der Waals surface area (Å²) in [6, 6.07) is 16.0. The van der Waals surface area contributed by atoms with Crippen LogP contribution in [0.2, 0.25) is 0 Å². The lowest BCUT2D eigenvalue weighted by Crippen LogP contribution is -1.97. The van der Waals surface area contributed by atoms with Gasteiger partial charge in [0.1, 0.15) is 17.2 Å². The summed E-state index contributed by atoms with van der Waals surface area (Å²) in [4.78, 5) is 35.1. The quantitative estimate of drug-likeness (QED) is 0.325. The first kappa shape index (κ1) is 23.3. The second kappa shape index (κ2) is 10.8. The molecule has 0 amide bonds. The van der Waals surface area contributed by atoms with Crippen LogP contribution in [0.1, 0.15) is 16.7 Å². The predicted molar refractivity (Wildman–Crippen MR) is 131 cm³/mol. The Morgan fingerprint density at radius 1 is 0.657 bits per heavy atom. The smallest absolute Gasteiger partial charge is 0.298 e. The molecule has 1 aromatic carbocycles. The molecular weight excluding hydrogens is 446 g/mol. The van der Waals surface area contributed by atoms with E-state index in [0.29, 0.717) is 41.5 Å². The van der Waals surface area contributed by atoms with Gasteiger partial charge in [-0.1, -0.05) is 18.2 Å².